The summed E-state index contributed by atoms with van der Waals surface area (Å²) in [6, 6.07) is 0. The first-order chi connectivity index (χ1) is 8.62. The fourth-order valence-corrected chi connectivity index (χ4v) is 1.55. The first-order valence-corrected chi connectivity index (χ1v) is 6.30. The highest BCUT2D eigenvalue weighted by atomic mass is 16.5. The molecular formula is C13H21NO4. The van der Waals surface area contributed by atoms with Gasteiger partial charge in [0.25, 0.3) is 0 Å². The van der Waals surface area contributed by atoms with Gasteiger partial charge in [-0.05, 0) is 26.7 Å². The zero-order chi connectivity index (χ0) is 13.5. The van der Waals surface area contributed by atoms with Crippen LogP contribution in [-0.2, 0) is 22.3 Å². The van der Waals surface area contributed by atoms with E-state index in [1.54, 1.807) is 14.0 Å². The third-order valence-electron chi connectivity index (χ3n) is 2.70. The minimum absolute atomic E-state index is 0.146. The number of carbonyl (C=O) groups is 1. The summed E-state index contributed by atoms with van der Waals surface area (Å²) >= 11 is 0. The second-order valence-corrected chi connectivity index (χ2v) is 4.04. The lowest BCUT2D eigenvalue weighted by atomic mass is 10.2. The van der Waals surface area contributed by atoms with Gasteiger partial charge in [0, 0.05) is 13.5 Å². The zero-order valence-electron chi connectivity index (χ0n) is 11.5. The van der Waals surface area contributed by atoms with Crippen molar-refractivity contribution in [2.45, 2.75) is 46.1 Å². The number of oxazole rings is 1. The molecule has 0 aliphatic rings. The lowest BCUT2D eigenvalue weighted by Gasteiger charge is -2.06. The molecule has 1 heterocycles. The molecule has 0 saturated heterocycles. The molecule has 0 saturated carbocycles. The average molecular weight is 255 g/mol. The van der Waals surface area contributed by atoms with E-state index in [1.165, 1.54) is 0 Å². The first-order valence-electron chi connectivity index (χ1n) is 6.30. The maximum atomic E-state index is 11.7. The van der Waals surface area contributed by atoms with Crippen molar-refractivity contribution in [2.24, 2.45) is 0 Å². The molecule has 1 atom stereocenters. The van der Waals surface area contributed by atoms with Crippen LogP contribution in [0.2, 0.25) is 0 Å². The van der Waals surface area contributed by atoms with Crippen LogP contribution in [0.1, 0.15) is 49.3 Å². The van der Waals surface area contributed by atoms with Crippen LogP contribution in [0.5, 0.6) is 0 Å². The summed E-state index contributed by atoms with van der Waals surface area (Å²) in [7, 11) is 1.67. The predicted octanol–water partition coefficient (Wildman–Crippen LogP) is 2.38. The predicted molar refractivity (Wildman–Crippen MR) is 66.6 cm³/mol. The monoisotopic (exact) mass is 255 g/mol. The Morgan fingerprint density at radius 2 is 2.17 bits per heavy atom. The van der Waals surface area contributed by atoms with Crippen LogP contribution in [-0.4, -0.2) is 30.8 Å². The molecular weight excluding hydrogens is 234 g/mol. The summed E-state index contributed by atoms with van der Waals surface area (Å²) in [4.78, 5) is 16.0. The van der Waals surface area contributed by atoms with Crippen LogP contribution in [0.25, 0.3) is 0 Å². The highest BCUT2D eigenvalue weighted by Gasteiger charge is 2.20. The Morgan fingerprint density at radius 1 is 1.44 bits per heavy atom. The van der Waals surface area contributed by atoms with Gasteiger partial charge in [0.15, 0.2) is 5.89 Å². The summed E-state index contributed by atoms with van der Waals surface area (Å²) in [6.45, 7) is 6.01. The van der Waals surface area contributed by atoms with Crippen molar-refractivity contribution in [1.82, 2.24) is 4.98 Å². The molecule has 1 rings (SSSR count). The number of esters is 1. The maximum absolute atomic E-state index is 11.7. The van der Waals surface area contributed by atoms with Gasteiger partial charge in [-0.15, -0.1) is 0 Å². The van der Waals surface area contributed by atoms with Gasteiger partial charge in [-0.25, -0.2) is 9.78 Å². The largest absolute Gasteiger partial charge is 0.460 e. The van der Waals surface area contributed by atoms with Crippen LogP contribution >= 0.6 is 0 Å². The van der Waals surface area contributed by atoms with Crippen LogP contribution in [0, 0.1) is 0 Å². The first kappa shape index (κ1) is 14.7. The van der Waals surface area contributed by atoms with E-state index >= 15 is 0 Å². The molecule has 0 bridgehead atoms. The van der Waals surface area contributed by atoms with Crippen molar-refractivity contribution in [3.63, 3.8) is 0 Å². The number of aryl methyl sites for hydroxylation is 2. The number of aromatic nitrogens is 1. The second-order valence-electron chi connectivity index (χ2n) is 4.04. The standard InChI is InChI=1S/C13H21NO4/c1-5-10-12(13(15)17-6-2)18-11(14-10)8-7-9(3)16-4/h9H,5-8H2,1-4H3. The van der Waals surface area contributed by atoms with Gasteiger partial charge in [-0.2, -0.15) is 0 Å². The molecule has 1 aromatic heterocycles. The summed E-state index contributed by atoms with van der Waals surface area (Å²) < 4.78 is 15.6. The number of methoxy groups -OCH3 is 1. The quantitative estimate of drug-likeness (QED) is 0.700. The van der Waals surface area contributed by atoms with E-state index in [1.807, 2.05) is 13.8 Å². The number of hydrogen-bond acceptors (Lipinski definition) is 5. The smallest absolute Gasteiger partial charge is 0.376 e. The van der Waals surface area contributed by atoms with Crippen molar-refractivity contribution in [3.05, 3.63) is 17.3 Å². The van der Waals surface area contributed by atoms with Crippen LogP contribution in [0.4, 0.5) is 0 Å². The van der Waals surface area contributed by atoms with E-state index < -0.39 is 5.97 Å². The summed E-state index contributed by atoms with van der Waals surface area (Å²) in [5.74, 6) is 0.367. The highest BCUT2D eigenvalue weighted by Crippen LogP contribution is 2.15. The molecule has 5 nitrogen and oxygen atoms in total. The van der Waals surface area contributed by atoms with Gasteiger partial charge in [-0.1, -0.05) is 6.92 Å². The van der Waals surface area contributed by atoms with E-state index in [2.05, 4.69) is 4.98 Å². The Balaban J connectivity index is 2.74. The molecule has 1 unspecified atom stereocenters. The van der Waals surface area contributed by atoms with Gasteiger partial charge in [-0.3, -0.25) is 0 Å². The van der Waals surface area contributed by atoms with Crippen LogP contribution in [0.15, 0.2) is 4.42 Å². The topological polar surface area (TPSA) is 61.6 Å². The van der Waals surface area contributed by atoms with Crippen molar-refractivity contribution in [2.75, 3.05) is 13.7 Å². The summed E-state index contributed by atoms with van der Waals surface area (Å²) in [6.07, 6.45) is 2.26. The van der Waals surface area contributed by atoms with E-state index in [-0.39, 0.29) is 11.9 Å². The van der Waals surface area contributed by atoms with Gasteiger partial charge in [0.2, 0.25) is 5.76 Å². The van der Waals surface area contributed by atoms with Crippen molar-refractivity contribution in [1.29, 1.82) is 0 Å². The highest BCUT2D eigenvalue weighted by molar-refractivity contribution is 5.87. The Kier molecular flexibility index (Phi) is 5.85. The zero-order valence-corrected chi connectivity index (χ0v) is 11.5. The fourth-order valence-electron chi connectivity index (χ4n) is 1.55. The molecule has 1 aromatic rings. The molecule has 0 aliphatic heterocycles. The molecule has 18 heavy (non-hydrogen) atoms. The molecule has 0 spiro atoms. The van der Waals surface area contributed by atoms with Gasteiger partial charge in [0.1, 0.15) is 0 Å². The summed E-state index contributed by atoms with van der Waals surface area (Å²) in [5, 5.41) is 0. The van der Waals surface area contributed by atoms with Crippen molar-refractivity contribution < 1.29 is 18.7 Å². The molecule has 0 N–H and O–H groups in total. The van der Waals surface area contributed by atoms with E-state index in [0.29, 0.717) is 31.0 Å². The van der Waals surface area contributed by atoms with E-state index in [0.717, 1.165) is 6.42 Å². The van der Waals surface area contributed by atoms with Gasteiger partial charge >= 0.3 is 5.97 Å². The normalized spacial score (nSPS) is 12.4. The number of ether oxygens (including phenoxy) is 2. The Hall–Kier alpha value is -1.36. The number of nitrogens with zero attached hydrogens (tertiary/aromatic N) is 1. The van der Waals surface area contributed by atoms with Crippen molar-refractivity contribution >= 4 is 5.97 Å². The Bertz CT molecular complexity index is 386. The molecule has 0 aromatic carbocycles. The molecule has 0 fully saturated rings. The molecule has 0 amide bonds. The van der Waals surface area contributed by atoms with Crippen molar-refractivity contribution in [3.8, 4) is 0 Å². The van der Waals surface area contributed by atoms with E-state index in [9.17, 15) is 4.79 Å². The lowest BCUT2D eigenvalue weighted by Crippen LogP contribution is -2.06. The molecule has 102 valence electrons. The fraction of sp³-hybridized carbons (Fsp3) is 0.692. The SMILES string of the molecule is CCOC(=O)c1oc(CCC(C)OC)nc1CC. The average Bonchev–Trinajstić information content (AvgIpc) is 2.79. The number of rotatable bonds is 7. The second kappa shape index (κ2) is 7.16. The maximum Gasteiger partial charge on any atom is 0.376 e. The van der Waals surface area contributed by atoms with Gasteiger partial charge in [0.05, 0.1) is 18.4 Å². The van der Waals surface area contributed by atoms with Crippen LogP contribution < -0.4 is 0 Å². The number of hydrogen-bond donors (Lipinski definition) is 0. The Labute approximate surface area is 107 Å². The Morgan fingerprint density at radius 3 is 2.72 bits per heavy atom. The molecule has 5 heteroatoms. The van der Waals surface area contributed by atoms with Gasteiger partial charge < -0.3 is 13.9 Å². The third kappa shape index (κ3) is 3.84. The molecule has 0 aliphatic carbocycles. The van der Waals surface area contributed by atoms with E-state index in [4.69, 9.17) is 13.9 Å². The number of carbonyl (C=O) groups excluding carboxylic acids is 1. The third-order valence-corrected chi connectivity index (χ3v) is 2.70. The molecule has 0 radical (unpaired) electrons. The minimum Gasteiger partial charge on any atom is -0.460 e. The summed E-state index contributed by atoms with van der Waals surface area (Å²) in [5.41, 5.74) is 0.661. The minimum atomic E-state index is -0.437. The lowest BCUT2D eigenvalue weighted by molar-refractivity contribution is 0.0486. The van der Waals surface area contributed by atoms with Crippen LogP contribution in [0.3, 0.4) is 0 Å².